The van der Waals surface area contributed by atoms with Gasteiger partial charge in [0.05, 0.1) is 12.5 Å². The maximum absolute atomic E-state index is 13.0. The summed E-state index contributed by atoms with van der Waals surface area (Å²) >= 11 is 0. The fourth-order valence-electron chi connectivity index (χ4n) is 3.93. The molecule has 7 nitrogen and oxygen atoms in total. The molecule has 0 spiro atoms. The standard InChI is InChI=1S/C19H25N5O2/c1-22-10-3-4-14(22)12-21-19(26)15-7-8-16(25)24(13-5-6-13)17(15)18-20-9-11-23(18)2/h3-4,9-11,13,15,17H,5-8,12H2,1-2H3,(H,21,26)/t15-,17-/m0/s1. The number of carbonyl (C=O) groups excluding carboxylic acids is 2. The Morgan fingerprint density at radius 2 is 2.04 bits per heavy atom. The largest absolute Gasteiger partial charge is 0.353 e. The normalized spacial score (nSPS) is 23.3. The number of piperidine rings is 1. The van der Waals surface area contributed by atoms with Crippen molar-refractivity contribution in [2.45, 2.75) is 44.3 Å². The molecule has 26 heavy (non-hydrogen) atoms. The number of aromatic nitrogens is 3. The number of nitrogens with zero attached hydrogens (tertiary/aromatic N) is 4. The molecule has 138 valence electrons. The first-order valence-electron chi connectivity index (χ1n) is 9.22. The third-order valence-corrected chi connectivity index (χ3v) is 5.53. The van der Waals surface area contributed by atoms with Crippen LogP contribution in [0.4, 0.5) is 0 Å². The second kappa shape index (κ2) is 6.63. The van der Waals surface area contributed by atoms with Crippen molar-refractivity contribution in [2.75, 3.05) is 0 Å². The van der Waals surface area contributed by atoms with Crippen molar-refractivity contribution in [3.63, 3.8) is 0 Å². The van der Waals surface area contributed by atoms with E-state index in [1.165, 1.54) is 0 Å². The molecule has 2 aliphatic rings. The van der Waals surface area contributed by atoms with Crippen molar-refractivity contribution in [1.29, 1.82) is 0 Å². The lowest BCUT2D eigenvalue weighted by atomic mass is 9.86. The van der Waals surface area contributed by atoms with Crippen molar-refractivity contribution in [1.82, 2.24) is 24.3 Å². The Bertz CT molecular complexity index is 820. The highest BCUT2D eigenvalue weighted by Crippen LogP contribution is 2.43. The summed E-state index contributed by atoms with van der Waals surface area (Å²) in [6, 6.07) is 3.94. The average Bonchev–Trinajstić information content (AvgIpc) is 3.24. The molecular weight excluding hydrogens is 330 g/mol. The molecule has 1 aliphatic heterocycles. The van der Waals surface area contributed by atoms with Crippen LogP contribution in [0.15, 0.2) is 30.7 Å². The lowest BCUT2D eigenvalue weighted by molar-refractivity contribution is -0.144. The molecule has 2 amide bonds. The minimum Gasteiger partial charge on any atom is -0.353 e. The summed E-state index contributed by atoms with van der Waals surface area (Å²) < 4.78 is 3.92. The Balaban J connectivity index is 1.58. The minimum atomic E-state index is -0.280. The van der Waals surface area contributed by atoms with Crippen LogP contribution in [-0.2, 0) is 30.2 Å². The number of nitrogens with one attached hydrogen (secondary N) is 1. The predicted octanol–water partition coefficient (Wildman–Crippen LogP) is 1.52. The maximum atomic E-state index is 13.0. The van der Waals surface area contributed by atoms with Crippen LogP contribution < -0.4 is 5.32 Å². The van der Waals surface area contributed by atoms with Gasteiger partial charge in [-0.05, 0) is 31.4 Å². The Hall–Kier alpha value is -2.57. The molecule has 0 bridgehead atoms. The Morgan fingerprint density at radius 3 is 2.65 bits per heavy atom. The minimum absolute atomic E-state index is 0.00245. The van der Waals surface area contributed by atoms with E-state index in [0.717, 1.165) is 24.4 Å². The fraction of sp³-hybridized carbons (Fsp3) is 0.526. The number of aryl methyl sites for hydroxylation is 2. The number of imidazole rings is 1. The molecule has 0 aromatic carbocycles. The van der Waals surface area contributed by atoms with Gasteiger partial charge in [-0.2, -0.15) is 0 Å². The van der Waals surface area contributed by atoms with Crippen molar-refractivity contribution < 1.29 is 9.59 Å². The van der Waals surface area contributed by atoms with E-state index in [1.54, 1.807) is 6.20 Å². The van der Waals surface area contributed by atoms with E-state index in [0.29, 0.717) is 19.4 Å². The van der Waals surface area contributed by atoms with Crippen LogP contribution in [-0.4, -0.2) is 36.9 Å². The number of rotatable bonds is 5. The van der Waals surface area contributed by atoms with E-state index >= 15 is 0 Å². The van der Waals surface area contributed by atoms with Gasteiger partial charge in [-0.3, -0.25) is 9.59 Å². The van der Waals surface area contributed by atoms with E-state index < -0.39 is 0 Å². The molecule has 3 heterocycles. The summed E-state index contributed by atoms with van der Waals surface area (Å²) in [5.41, 5.74) is 1.05. The van der Waals surface area contributed by atoms with Gasteiger partial charge >= 0.3 is 0 Å². The van der Waals surface area contributed by atoms with Crippen molar-refractivity contribution in [3.05, 3.63) is 42.2 Å². The Labute approximate surface area is 153 Å². The van der Waals surface area contributed by atoms with Gasteiger partial charge in [-0.25, -0.2) is 4.98 Å². The summed E-state index contributed by atoms with van der Waals surface area (Å²) in [6.07, 6.45) is 8.61. The lowest BCUT2D eigenvalue weighted by Gasteiger charge is -2.40. The summed E-state index contributed by atoms with van der Waals surface area (Å²) in [5, 5.41) is 3.07. The van der Waals surface area contributed by atoms with Crippen LogP contribution in [0.3, 0.4) is 0 Å². The molecule has 7 heteroatoms. The van der Waals surface area contributed by atoms with Gasteiger partial charge in [0.15, 0.2) is 0 Å². The van der Waals surface area contributed by atoms with E-state index in [2.05, 4.69) is 10.3 Å². The molecule has 2 fully saturated rings. The SMILES string of the molecule is Cn1cccc1CNC(=O)[C@H]1CCC(=O)N(C2CC2)[C@@H]1c1nccn1C. The zero-order chi connectivity index (χ0) is 18.3. The molecule has 1 saturated carbocycles. The number of likely N-dealkylation sites (tertiary alicyclic amines) is 1. The summed E-state index contributed by atoms with van der Waals surface area (Å²) in [4.78, 5) is 32.0. The molecule has 1 N–H and O–H groups in total. The van der Waals surface area contributed by atoms with Gasteiger partial charge in [0, 0.05) is 50.8 Å². The quantitative estimate of drug-likeness (QED) is 0.884. The van der Waals surface area contributed by atoms with E-state index in [4.69, 9.17) is 0 Å². The Morgan fingerprint density at radius 1 is 1.23 bits per heavy atom. The first-order valence-corrected chi connectivity index (χ1v) is 9.22. The van der Waals surface area contributed by atoms with Gasteiger partial charge in [0.25, 0.3) is 0 Å². The van der Waals surface area contributed by atoms with Crippen LogP contribution in [0.25, 0.3) is 0 Å². The highest BCUT2D eigenvalue weighted by Gasteiger charge is 2.47. The van der Waals surface area contributed by atoms with Crippen LogP contribution in [0.1, 0.15) is 43.2 Å². The van der Waals surface area contributed by atoms with Gasteiger partial charge in [-0.15, -0.1) is 0 Å². The highest BCUT2D eigenvalue weighted by molar-refractivity contribution is 5.85. The van der Waals surface area contributed by atoms with Crippen LogP contribution in [0.2, 0.25) is 0 Å². The third-order valence-electron chi connectivity index (χ3n) is 5.53. The van der Waals surface area contributed by atoms with Gasteiger partial charge in [-0.1, -0.05) is 0 Å². The monoisotopic (exact) mass is 355 g/mol. The van der Waals surface area contributed by atoms with Gasteiger partial charge in [0.1, 0.15) is 11.9 Å². The number of amides is 2. The molecule has 2 aromatic rings. The molecule has 0 unspecified atom stereocenters. The van der Waals surface area contributed by atoms with Crippen LogP contribution >= 0.6 is 0 Å². The van der Waals surface area contributed by atoms with E-state index in [9.17, 15) is 9.59 Å². The van der Waals surface area contributed by atoms with Crippen LogP contribution in [0, 0.1) is 5.92 Å². The molecule has 1 aliphatic carbocycles. The predicted molar refractivity (Wildman–Crippen MR) is 95.8 cm³/mol. The molecular formula is C19H25N5O2. The van der Waals surface area contributed by atoms with E-state index in [-0.39, 0.29) is 29.8 Å². The highest BCUT2D eigenvalue weighted by atomic mass is 16.2. The topological polar surface area (TPSA) is 72.2 Å². The molecule has 4 rings (SSSR count). The summed E-state index contributed by atoms with van der Waals surface area (Å²) in [7, 11) is 3.89. The first-order chi connectivity index (χ1) is 12.6. The van der Waals surface area contributed by atoms with E-state index in [1.807, 2.05) is 52.7 Å². The smallest absolute Gasteiger partial charge is 0.226 e. The second-order valence-electron chi connectivity index (χ2n) is 7.35. The number of hydrogen-bond acceptors (Lipinski definition) is 3. The van der Waals surface area contributed by atoms with Crippen molar-refractivity contribution >= 4 is 11.8 Å². The second-order valence-corrected chi connectivity index (χ2v) is 7.35. The molecule has 0 radical (unpaired) electrons. The lowest BCUT2D eigenvalue weighted by Crippen LogP contribution is -2.49. The maximum Gasteiger partial charge on any atom is 0.226 e. The van der Waals surface area contributed by atoms with Gasteiger partial charge < -0.3 is 19.4 Å². The average molecular weight is 355 g/mol. The molecule has 2 atom stereocenters. The summed E-state index contributed by atoms with van der Waals surface area (Å²) in [5.74, 6) is 0.669. The molecule has 2 aromatic heterocycles. The number of carbonyl (C=O) groups is 2. The first kappa shape index (κ1) is 16.9. The third kappa shape index (κ3) is 3.02. The van der Waals surface area contributed by atoms with Crippen LogP contribution in [0.5, 0.6) is 0 Å². The zero-order valence-corrected chi connectivity index (χ0v) is 15.3. The Kier molecular flexibility index (Phi) is 4.30. The zero-order valence-electron chi connectivity index (χ0n) is 15.3. The van der Waals surface area contributed by atoms with Crippen molar-refractivity contribution in [2.24, 2.45) is 20.0 Å². The van der Waals surface area contributed by atoms with Crippen molar-refractivity contribution in [3.8, 4) is 0 Å². The summed E-state index contributed by atoms with van der Waals surface area (Å²) in [6.45, 7) is 0.490. The number of hydrogen-bond donors (Lipinski definition) is 1. The molecule has 1 saturated heterocycles. The van der Waals surface area contributed by atoms with Gasteiger partial charge in [0.2, 0.25) is 11.8 Å². The fourth-order valence-corrected chi connectivity index (χ4v) is 3.93.